The summed E-state index contributed by atoms with van der Waals surface area (Å²) in [6.07, 6.45) is 1.92. The Labute approximate surface area is 129 Å². The largest absolute Gasteiger partial charge is 0.253 e. The van der Waals surface area contributed by atoms with E-state index < -0.39 is 0 Å². The molecule has 3 rings (SSSR count). The number of benzene rings is 2. The van der Waals surface area contributed by atoms with Gasteiger partial charge >= 0.3 is 0 Å². The molecule has 0 aliphatic rings. The second-order valence-electron chi connectivity index (χ2n) is 5.21. The maximum Gasteiger partial charge on any atom is 0.0714 e. The van der Waals surface area contributed by atoms with Crippen LogP contribution in [0.15, 0.2) is 49.0 Å². The first-order chi connectivity index (χ1) is 10.1. The van der Waals surface area contributed by atoms with Gasteiger partial charge in [-0.3, -0.25) is 4.98 Å². The van der Waals surface area contributed by atoms with Crippen LogP contribution >= 0.6 is 11.6 Å². The number of aromatic nitrogens is 1. The zero-order valence-corrected chi connectivity index (χ0v) is 12.9. The van der Waals surface area contributed by atoms with Gasteiger partial charge in [-0.15, -0.1) is 0 Å². The zero-order chi connectivity index (χ0) is 15.0. The van der Waals surface area contributed by atoms with Gasteiger partial charge in [0.2, 0.25) is 0 Å². The van der Waals surface area contributed by atoms with E-state index in [1.807, 2.05) is 43.3 Å². The molecule has 0 radical (unpaired) electrons. The second kappa shape index (κ2) is 5.34. The third-order valence-electron chi connectivity index (χ3n) is 3.72. The SMILES string of the molecule is C=Cc1c(C)cc2nc(C)ccc2c1-c1ccc(Cl)cc1. The van der Waals surface area contributed by atoms with Crippen molar-refractivity contribution in [2.75, 3.05) is 0 Å². The fraction of sp³-hybridized carbons (Fsp3) is 0.105. The van der Waals surface area contributed by atoms with Crippen LogP contribution in [0, 0.1) is 13.8 Å². The summed E-state index contributed by atoms with van der Waals surface area (Å²) in [5.74, 6) is 0. The topological polar surface area (TPSA) is 12.9 Å². The summed E-state index contributed by atoms with van der Waals surface area (Å²) in [5, 5.41) is 1.88. The van der Waals surface area contributed by atoms with Crippen molar-refractivity contribution in [3.05, 3.63) is 70.9 Å². The Morgan fingerprint density at radius 2 is 1.76 bits per heavy atom. The molecule has 0 N–H and O–H groups in total. The number of hydrogen-bond donors (Lipinski definition) is 0. The minimum atomic E-state index is 0.741. The standard InChI is InChI=1S/C19H16ClN/c1-4-16-12(2)11-18-17(10-5-13(3)21-18)19(16)14-6-8-15(20)9-7-14/h4-11H,1H2,2-3H3. The maximum absolute atomic E-state index is 6.01. The van der Waals surface area contributed by atoms with Gasteiger partial charge in [0.25, 0.3) is 0 Å². The van der Waals surface area contributed by atoms with E-state index in [0.717, 1.165) is 32.7 Å². The summed E-state index contributed by atoms with van der Waals surface area (Å²) < 4.78 is 0. The van der Waals surface area contributed by atoms with Crippen molar-refractivity contribution in [3.63, 3.8) is 0 Å². The third kappa shape index (κ3) is 2.45. The van der Waals surface area contributed by atoms with Crippen molar-refractivity contribution in [1.29, 1.82) is 0 Å². The Bertz CT molecular complexity index is 832. The number of halogens is 1. The van der Waals surface area contributed by atoms with Gasteiger partial charge in [-0.2, -0.15) is 0 Å². The van der Waals surface area contributed by atoms with E-state index in [2.05, 4.69) is 30.6 Å². The highest BCUT2D eigenvalue weighted by Crippen LogP contribution is 2.35. The zero-order valence-electron chi connectivity index (χ0n) is 12.2. The average Bonchev–Trinajstić information content (AvgIpc) is 2.46. The summed E-state index contributed by atoms with van der Waals surface area (Å²) in [7, 11) is 0. The van der Waals surface area contributed by atoms with E-state index >= 15 is 0 Å². The number of aryl methyl sites for hydroxylation is 2. The van der Waals surface area contributed by atoms with Crippen LogP contribution in [0.25, 0.3) is 28.1 Å². The molecule has 0 unspecified atom stereocenters. The average molecular weight is 294 g/mol. The fourth-order valence-electron chi connectivity index (χ4n) is 2.71. The van der Waals surface area contributed by atoms with Crippen LogP contribution < -0.4 is 0 Å². The molecule has 0 fully saturated rings. The molecule has 2 aromatic carbocycles. The van der Waals surface area contributed by atoms with Crippen LogP contribution in [-0.4, -0.2) is 4.98 Å². The van der Waals surface area contributed by atoms with Crippen molar-refractivity contribution < 1.29 is 0 Å². The monoisotopic (exact) mass is 293 g/mol. The lowest BCUT2D eigenvalue weighted by atomic mass is 9.91. The highest BCUT2D eigenvalue weighted by molar-refractivity contribution is 6.30. The van der Waals surface area contributed by atoms with Crippen LogP contribution in [0.4, 0.5) is 0 Å². The Morgan fingerprint density at radius 3 is 2.43 bits per heavy atom. The molecule has 1 aromatic heterocycles. The van der Waals surface area contributed by atoms with Crippen LogP contribution in [0.5, 0.6) is 0 Å². The van der Waals surface area contributed by atoms with Gasteiger partial charge in [-0.25, -0.2) is 0 Å². The molecule has 0 spiro atoms. The van der Waals surface area contributed by atoms with Crippen molar-refractivity contribution in [1.82, 2.24) is 4.98 Å². The molecule has 1 heterocycles. The molecular weight excluding hydrogens is 278 g/mol. The molecule has 0 bridgehead atoms. The molecule has 1 nitrogen and oxygen atoms in total. The Hall–Kier alpha value is -2.12. The smallest absolute Gasteiger partial charge is 0.0714 e. The lowest BCUT2D eigenvalue weighted by Gasteiger charge is -2.14. The summed E-state index contributed by atoms with van der Waals surface area (Å²) in [6.45, 7) is 8.08. The van der Waals surface area contributed by atoms with Crippen molar-refractivity contribution in [2.24, 2.45) is 0 Å². The number of fused-ring (bicyclic) bond motifs is 1. The van der Waals surface area contributed by atoms with Gasteiger partial charge in [0.05, 0.1) is 5.52 Å². The number of pyridine rings is 1. The normalized spacial score (nSPS) is 10.8. The predicted octanol–water partition coefficient (Wildman–Crippen LogP) is 5.82. The number of hydrogen-bond acceptors (Lipinski definition) is 1. The van der Waals surface area contributed by atoms with Gasteiger partial charge in [0.15, 0.2) is 0 Å². The van der Waals surface area contributed by atoms with Gasteiger partial charge in [0.1, 0.15) is 0 Å². The molecule has 21 heavy (non-hydrogen) atoms. The minimum Gasteiger partial charge on any atom is -0.253 e. The number of nitrogens with zero attached hydrogens (tertiary/aromatic N) is 1. The summed E-state index contributed by atoms with van der Waals surface area (Å²) in [4.78, 5) is 4.66. The first-order valence-corrected chi connectivity index (χ1v) is 7.27. The van der Waals surface area contributed by atoms with E-state index in [4.69, 9.17) is 11.6 Å². The van der Waals surface area contributed by atoms with E-state index in [-0.39, 0.29) is 0 Å². The van der Waals surface area contributed by atoms with Gasteiger partial charge in [0, 0.05) is 16.1 Å². The quantitative estimate of drug-likeness (QED) is 0.580. The Balaban J connectivity index is 2.42. The molecule has 2 heteroatoms. The molecule has 0 saturated carbocycles. The Morgan fingerprint density at radius 1 is 1.05 bits per heavy atom. The molecule has 0 saturated heterocycles. The highest BCUT2D eigenvalue weighted by atomic mass is 35.5. The lowest BCUT2D eigenvalue weighted by Crippen LogP contribution is -1.93. The van der Waals surface area contributed by atoms with Crippen molar-refractivity contribution >= 4 is 28.6 Å². The minimum absolute atomic E-state index is 0.741. The van der Waals surface area contributed by atoms with Crippen LogP contribution in [0.1, 0.15) is 16.8 Å². The molecule has 0 aliphatic carbocycles. The fourth-order valence-corrected chi connectivity index (χ4v) is 2.84. The first kappa shape index (κ1) is 13.8. The predicted molar refractivity (Wildman–Crippen MR) is 91.8 cm³/mol. The summed E-state index contributed by atoms with van der Waals surface area (Å²) in [5.41, 5.74) is 6.67. The number of rotatable bonds is 2. The van der Waals surface area contributed by atoms with Crippen LogP contribution in [-0.2, 0) is 0 Å². The molecule has 104 valence electrons. The molecular formula is C19H16ClN. The van der Waals surface area contributed by atoms with Gasteiger partial charge in [-0.05, 0) is 60.4 Å². The summed E-state index contributed by atoms with van der Waals surface area (Å²) >= 11 is 6.01. The Kier molecular flexibility index (Phi) is 3.52. The van der Waals surface area contributed by atoms with E-state index in [1.54, 1.807) is 0 Å². The van der Waals surface area contributed by atoms with Gasteiger partial charge < -0.3 is 0 Å². The molecule has 0 amide bonds. The first-order valence-electron chi connectivity index (χ1n) is 6.89. The summed E-state index contributed by atoms with van der Waals surface area (Å²) in [6, 6.07) is 14.2. The molecule has 0 aliphatic heterocycles. The maximum atomic E-state index is 6.01. The van der Waals surface area contributed by atoms with Crippen LogP contribution in [0.3, 0.4) is 0 Å². The molecule has 3 aromatic rings. The molecule has 0 atom stereocenters. The van der Waals surface area contributed by atoms with E-state index in [1.165, 1.54) is 11.1 Å². The van der Waals surface area contributed by atoms with Crippen molar-refractivity contribution in [3.8, 4) is 11.1 Å². The van der Waals surface area contributed by atoms with Gasteiger partial charge in [-0.1, -0.05) is 42.5 Å². The second-order valence-corrected chi connectivity index (χ2v) is 5.65. The highest BCUT2D eigenvalue weighted by Gasteiger charge is 2.12. The van der Waals surface area contributed by atoms with E-state index in [9.17, 15) is 0 Å². The third-order valence-corrected chi connectivity index (χ3v) is 3.97. The van der Waals surface area contributed by atoms with Crippen LogP contribution in [0.2, 0.25) is 5.02 Å². The lowest BCUT2D eigenvalue weighted by molar-refractivity contribution is 1.25. The van der Waals surface area contributed by atoms with E-state index in [0.29, 0.717) is 0 Å². The van der Waals surface area contributed by atoms with Crippen molar-refractivity contribution in [2.45, 2.75) is 13.8 Å².